The highest BCUT2D eigenvalue weighted by molar-refractivity contribution is 6.36. The van der Waals surface area contributed by atoms with Crippen molar-refractivity contribution in [3.05, 3.63) is 75.2 Å². The van der Waals surface area contributed by atoms with Gasteiger partial charge in [0.25, 0.3) is 5.91 Å². The predicted molar refractivity (Wildman–Crippen MR) is 123 cm³/mol. The van der Waals surface area contributed by atoms with Crippen LogP contribution in [0.5, 0.6) is 11.6 Å². The van der Waals surface area contributed by atoms with Gasteiger partial charge < -0.3 is 14.5 Å². The number of ether oxygens (including phenoxy) is 1. The van der Waals surface area contributed by atoms with Crippen molar-refractivity contribution >= 4 is 46.5 Å². The van der Waals surface area contributed by atoms with Crippen LogP contribution in [-0.4, -0.2) is 46.5 Å². The number of anilines is 1. The number of hydrogen-bond donors (Lipinski definition) is 0. The van der Waals surface area contributed by atoms with Gasteiger partial charge in [0.15, 0.2) is 11.6 Å². The van der Waals surface area contributed by atoms with E-state index in [-0.39, 0.29) is 28.6 Å². The van der Waals surface area contributed by atoms with Crippen LogP contribution in [0.4, 0.5) is 10.2 Å². The Labute approximate surface area is 199 Å². The summed E-state index contributed by atoms with van der Waals surface area (Å²) in [6.45, 7) is 3.52. The molecule has 0 radical (unpaired) electrons. The standard InChI is InChI=1S/C22H18Cl3FN4O2/c1-13-11-29(6-7-30(13)22(31)16-4-2-14(23)8-17(16)25)20-10-21(28-12-27-20)32-19-5-3-15(24)9-18(19)26/h2-5,8-10,12-13H,6-7,11H2,1H3. The molecule has 4 rings (SSSR count). The molecule has 0 aliphatic carbocycles. The Morgan fingerprint density at radius 1 is 1.06 bits per heavy atom. The first-order valence-corrected chi connectivity index (χ1v) is 10.9. The molecule has 1 aliphatic heterocycles. The third kappa shape index (κ3) is 4.90. The van der Waals surface area contributed by atoms with E-state index in [1.54, 1.807) is 29.2 Å². The minimum absolute atomic E-state index is 0.0164. The summed E-state index contributed by atoms with van der Waals surface area (Å²) in [4.78, 5) is 25.1. The normalized spacial score (nSPS) is 16.2. The van der Waals surface area contributed by atoms with Crippen LogP contribution in [0.2, 0.25) is 15.1 Å². The topological polar surface area (TPSA) is 58.6 Å². The molecule has 1 atom stereocenters. The van der Waals surface area contributed by atoms with Crippen LogP contribution in [0.3, 0.4) is 0 Å². The summed E-state index contributed by atoms with van der Waals surface area (Å²) in [5, 5.41) is 1.08. The van der Waals surface area contributed by atoms with Gasteiger partial charge in [-0.1, -0.05) is 34.8 Å². The van der Waals surface area contributed by atoms with Gasteiger partial charge in [-0.05, 0) is 43.3 Å². The number of carbonyl (C=O) groups is 1. The Morgan fingerprint density at radius 2 is 1.81 bits per heavy atom. The number of carbonyl (C=O) groups excluding carboxylic acids is 1. The lowest BCUT2D eigenvalue weighted by atomic mass is 10.1. The third-order valence-electron chi connectivity index (χ3n) is 5.11. The lowest BCUT2D eigenvalue weighted by molar-refractivity contribution is 0.0674. The molecule has 0 bridgehead atoms. The predicted octanol–water partition coefficient (Wildman–Crippen LogP) is 5.72. The molecule has 1 saturated heterocycles. The van der Waals surface area contributed by atoms with Gasteiger partial charge in [0.05, 0.1) is 10.6 Å². The number of piperazine rings is 1. The van der Waals surface area contributed by atoms with E-state index in [0.29, 0.717) is 41.1 Å². The molecule has 1 aliphatic rings. The van der Waals surface area contributed by atoms with Crippen molar-refractivity contribution in [1.82, 2.24) is 14.9 Å². The molecule has 32 heavy (non-hydrogen) atoms. The quantitative estimate of drug-likeness (QED) is 0.463. The summed E-state index contributed by atoms with van der Waals surface area (Å²) in [7, 11) is 0. The molecule has 1 amide bonds. The minimum atomic E-state index is -0.584. The van der Waals surface area contributed by atoms with Crippen LogP contribution in [0, 0.1) is 5.82 Å². The largest absolute Gasteiger partial charge is 0.436 e. The van der Waals surface area contributed by atoms with Gasteiger partial charge in [-0.15, -0.1) is 0 Å². The first-order valence-electron chi connectivity index (χ1n) is 9.78. The van der Waals surface area contributed by atoms with Crippen molar-refractivity contribution in [3.8, 4) is 11.6 Å². The zero-order chi connectivity index (χ0) is 22.8. The zero-order valence-corrected chi connectivity index (χ0v) is 19.2. The number of amides is 1. The Kier molecular flexibility index (Phi) is 6.69. The Hall–Kier alpha value is -2.61. The maximum absolute atomic E-state index is 14.0. The van der Waals surface area contributed by atoms with Crippen LogP contribution in [0.25, 0.3) is 0 Å². The summed E-state index contributed by atoms with van der Waals surface area (Å²) in [5.74, 6) is 0.105. The first kappa shape index (κ1) is 22.6. The maximum atomic E-state index is 14.0. The lowest BCUT2D eigenvalue weighted by Crippen LogP contribution is -2.54. The highest BCUT2D eigenvalue weighted by Crippen LogP contribution is 2.28. The fourth-order valence-electron chi connectivity index (χ4n) is 3.51. The smallest absolute Gasteiger partial charge is 0.255 e. The molecular weight excluding hydrogens is 478 g/mol. The molecule has 1 unspecified atom stereocenters. The minimum Gasteiger partial charge on any atom is -0.436 e. The second-order valence-electron chi connectivity index (χ2n) is 7.31. The molecule has 0 spiro atoms. The summed E-state index contributed by atoms with van der Waals surface area (Å²) in [5.41, 5.74) is 0.416. The first-order chi connectivity index (χ1) is 15.3. The fourth-order valence-corrected chi connectivity index (χ4v) is 4.16. The van der Waals surface area contributed by atoms with Crippen molar-refractivity contribution in [1.29, 1.82) is 0 Å². The average Bonchev–Trinajstić information content (AvgIpc) is 2.75. The van der Waals surface area contributed by atoms with Gasteiger partial charge >= 0.3 is 0 Å². The highest BCUT2D eigenvalue weighted by Gasteiger charge is 2.30. The average molecular weight is 496 g/mol. The summed E-state index contributed by atoms with van der Waals surface area (Å²) < 4.78 is 19.6. The number of benzene rings is 2. The van der Waals surface area contributed by atoms with Crippen LogP contribution >= 0.6 is 34.8 Å². The van der Waals surface area contributed by atoms with E-state index in [9.17, 15) is 9.18 Å². The van der Waals surface area contributed by atoms with Crippen LogP contribution in [0.1, 0.15) is 17.3 Å². The molecular formula is C22H18Cl3FN4O2. The van der Waals surface area contributed by atoms with Crippen molar-refractivity contribution in [3.63, 3.8) is 0 Å². The van der Waals surface area contributed by atoms with Crippen LogP contribution in [-0.2, 0) is 0 Å². The number of rotatable bonds is 4. The molecule has 1 fully saturated rings. The molecule has 3 aromatic rings. The van der Waals surface area contributed by atoms with Crippen LogP contribution in [0.15, 0.2) is 48.8 Å². The fraction of sp³-hybridized carbons (Fsp3) is 0.227. The number of halogens is 4. The summed E-state index contributed by atoms with van der Waals surface area (Å²) >= 11 is 17.9. The molecule has 6 nitrogen and oxygen atoms in total. The molecule has 10 heteroatoms. The van der Waals surface area contributed by atoms with Crippen molar-refractivity contribution < 1.29 is 13.9 Å². The Morgan fingerprint density at radius 3 is 2.53 bits per heavy atom. The van der Waals surface area contributed by atoms with Crippen molar-refractivity contribution in [2.75, 3.05) is 24.5 Å². The summed E-state index contributed by atoms with van der Waals surface area (Å²) in [6, 6.07) is 10.5. The van der Waals surface area contributed by atoms with Gasteiger partial charge in [-0.2, -0.15) is 0 Å². The molecule has 1 aromatic heterocycles. The van der Waals surface area contributed by atoms with E-state index in [4.69, 9.17) is 39.5 Å². The van der Waals surface area contributed by atoms with Gasteiger partial charge in [-0.3, -0.25) is 4.79 Å². The van der Waals surface area contributed by atoms with E-state index in [2.05, 4.69) is 9.97 Å². The van der Waals surface area contributed by atoms with E-state index in [0.717, 1.165) is 0 Å². The molecule has 166 valence electrons. The maximum Gasteiger partial charge on any atom is 0.255 e. The van der Waals surface area contributed by atoms with E-state index in [1.807, 2.05) is 11.8 Å². The van der Waals surface area contributed by atoms with Gasteiger partial charge in [0.2, 0.25) is 5.88 Å². The number of aromatic nitrogens is 2. The second-order valence-corrected chi connectivity index (χ2v) is 8.59. The monoisotopic (exact) mass is 494 g/mol. The summed E-state index contributed by atoms with van der Waals surface area (Å²) in [6.07, 6.45) is 1.36. The molecule has 0 saturated carbocycles. The second kappa shape index (κ2) is 9.48. The molecule has 2 heterocycles. The van der Waals surface area contributed by atoms with Gasteiger partial charge in [0, 0.05) is 41.8 Å². The van der Waals surface area contributed by atoms with E-state index < -0.39 is 5.82 Å². The van der Waals surface area contributed by atoms with E-state index >= 15 is 0 Å². The van der Waals surface area contributed by atoms with E-state index in [1.165, 1.54) is 24.5 Å². The van der Waals surface area contributed by atoms with Crippen molar-refractivity contribution in [2.24, 2.45) is 0 Å². The van der Waals surface area contributed by atoms with Crippen molar-refractivity contribution in [2.45, 2.75) is 13.0 Å². The molecule has 0 N–H and O–H groups in total. The molecule has 2 aromatic carbocycles. The Balaban J connectivity index is 1.46. The number of hydrogen-bond acceptors (Lipinski definition) is 5. The van der Waals surface area contributed by atoms with Gasteiger partial charge in [0.1, 0.15) is 12.1 Å². The van der Waals surface area contributed by atoms with Gasteiger partial charge in [-0.25, -0.2) is 14.4 Å². The zero-order valence-electron chi connectivity index (χ0n) is 16.9. The highest BCUT2D eigenvalue weighted by atomic mass is 35.5. The SMILES string of the molecule is CC1CN(c2cc(Oc3ccc(Cl)cc3F)ncn2)CCN1C(=O)c1ccc(Cl)cc1Cl. The third-order valence-corrected chi connectivity index (χ3v) is 5.89. The number of nitrogens with zero attached hydrogens (tertiary/aromatic N) is 4. The lowest BCUT2D eigenvalue weighted by Gasteiger charge is -2.40. The Bertz CT molecular complexity index is 1160. The van der Waals surface area contributed by atoms with Crippen LogP contribution < -0.4 is 9.64 Å².